The Balaban J connectivity index is 1.47. The van der Waals surface area contributed by atoms with Gasteiger partial charge in [-0.3, -0.25) is 9.69 Å². The van der Waals surface area contributed by atoms with Gasteiger partial charge in [-0.2, -0.15) is 0 Å². The summed E-state index contributed by atoms with van der Waals surface area (Å²) in [5.74, 6) is 0.724. The van der Waals surface area contributed by atoms with Gasteiger partial charge in [0.15, 0.2) is 0 Å². The van der Waals surface area contributed by atoms with Crippen LogP contribution in [0.1, 0.15) is 33.9 Å². The minimum Gasteiger partial charge on any atom is -0.491 e. The molecule has 174 valence electrons. The van der Waals surface area contributed by atoms with E-state index in [1.807, 2.05) is 30.3 Å². The van der Waals surface area contributed by atoms with Crippen LogP contribution < -0.4 is 10.3 Å². The second kappa shape index (κ2) is 10.3. The smallest absolute Gasteiger partial charge is 0.348 e. The van der Waals surface area contributed by atoms with E-state index in [1.54, 1.807) is 6.92 Å². The lowest BCUT2D eigenvalue weighted by molar-refractivity contribution is 0.0554. The molecular weight excluding hydrogens is 442 g/mol. The van der Waals surface area contributed by atoms with Crippen LogP contribution in [0.2, 0.25) is 0 Å². The molecule has 1 aliphatic carbocycles. The molecule has 0 aliphatic heterocycles. The summed E-state index contributed by atoms with van der Waals surface area (Å²) in [7, 11) is 0. The van der Waals surface area contributed by atoms with Crippen LogP contribution in [0, 0.1) is 6.92 Å². The maximum absolute atomic E-state index is 12.8. The number of nitrogens with one attached hydrogen (secondary N) is 1. The predicted molar refractivity (Wildman–Crippen MR) is 127 cm³/mol. The average molecular weight is 470 g/mol. The first-order chi connectivity index (χ1) is 16.0. The van der Waals surface area contributed by atoms with Crippen molar-refractivity contribution in [3.8, 4) is 5.75 Å². The van der Waals surface area contributed by atoms with Crippen LogP contribution in [-0.2, 0) is 11.3 Å². The van der Waals surface area contributed by atoms with Crippen molar-refractivity contribution < 1.29 is 19.4 Å². The normalized spacial score (nSPS) is 14.4. The summed E-state index contributed by atoms with van der Waals surface area (Å²) in [6, 6.07) is 9.71. The SMILES string of the molecule is C=CCOC(=O)c1sc2nc(CN(CC(O)COc3ccccc3)C3CC3)[nH]c(=O)c2c1C. The van der Waals surface area contributed by atoms with E-state index in [0.29, 0.717) is 51.4 Å². The van der Waals surface area contributed by atoms with E-state index in [9.17, 15) is 14.7 Å². The van der Waals surface area contributed by atoms with Crippen molar-refractivity contribution in [1.29, 1.82) is 0 Å². The van der Waals surface area contributed by atoms with E-state index in [1.165, 1.54) is 6.08 Å². The number of aryl methyl sites for hydroxylation is 1. The third-order valence-corrected chi connectivity index (χ3v) is 6.58. The Hall–Kier alpha value is -3.01. The predicted octanol–water partition coefficient (Wildman–Crippen LogP) is 3.04. The molecule has 1 atom stereocenters. The van der Waals surface area contributed by atoms with Gasteiger partial charge in [0.25, 0.3) is 5.56 Å². The molecule has 0 spiro atoms. The van der Waals surface area contributed by atoms with Crippen molar-refractivity contribution >= 4 is 27.5 Å². The molecule has 4 rings (SSSR count). The molecule has 1 aromatic carbocycles. The van der Waals surface area contributed by atoms with E-state index in [-0.39, 0.29) is 18.8 Å². The Morgan fingerprint density at radius 3 is 2.85 bits per heavy atom. The molecule has 2 heterocycles. The number of esters is 1. The summed E-state index contributed by atoms with van der Waals surface area (Å²) in [6.45, 7) is 6.34. The highest BCUT2D eigenvalue weighted by Crippen LogP contribution is 2.30. The number of nitrogens with zero attached hydrogens (tertiary/aromatic N) is 2. The van der Waals surface area contributed by atoms with Crippen molar-refractivity contribution in [2.45, 2.75) is 38.5 Å². The van der Waals surface area contributed by atoms with Crippen LogP contribution in [0.3, 0.4) is 0 Å². The van der Waals surface area contributed by atoms with Crippen LogP contribution in [0.25, 0.3) is 10.2 Å². The van der Waals surface area contributed by atoms with E-state index in [2.05, 4.69) is 21.4 Å². The van der Waals surface area contributed by atoms with Gasteiger partial charge in [0.2, 0.25) is 0 Å². The molecule has 2 aromatic heterocycles. The minimum absolute atomic E-state index is 0.105. The van der Waals surface area contributed by atoms with Gasteiger partial charge in [0.1, 0.15) is 40.6 Å². The molecule has 0 amide bonds. The van der Waals surface area contributed by atoms with Crippen LogP contribution in [-0.4, -0.2) is 57.8 Å². The number of fused-ring (bicyclic) bond motifs is 1. The first-order valence-electron chi connectivity index (χ1n) is 10.9. The van der Waals surface area contributed by atoms with E-state index >= 15 is 0 Å². The Morgan fingerprint density at radius 1 is 1.39 bits per heavy atom. The molecule has 8 nitrogen and oxygen atoms in total. The minimum atomic E-state index is -0.684. The number of benzene rings is 1. The van der Waals surface area contributed by atoms with Crippen molar-refractivity contribution in [1.82, 2.24) is 14.9 Å². The second-order valence-electron chi connectivity index (χ2n) is 8.07. The quantitative estimate of drug-likeness (QED) is 0.329. The standard InChI is InChI=1S/C24H27N3O5S/c1-3-11-31-24(30)21-15(2)20-22(29)25-19(26-23(20)33-21)13-27(16-9-10-16)12-17(28)14-32-18-7-5-4-6-8-18/h3-8,16-17,28H,1,9-14H2,2H3,(H,25,26,29). The lowest BCUT2D eigenvalue weighted by Gasteiger charge is -2.24. The summed E-state index contributed by atoms with van der Waals surface area (Å²) in [6.07, 6.45) is 2.89. The zero-order valence-electron chi connectivity index (χ0n) is 18.5. The second-order valence-corrected chi connectivity index (χ2v) is 9.07. The van der Waals surface area contributed by atoms with Crippen LogP contribution in [0.15, 0.2) is 47.8 Å². The topological polar surface area (TPSA) is 105 Å². The number of carbonyl (C=O) groups excluding carboxylic acids is 1. The lowest BCUT2D eigenvalue weighted by Crippen LogP contribution is -2.37. The molecule has 1 saturated carbocycles. The number of H-pyrrole nitrogens is 1. The van der Waals surface area contributed by atoms with Crippen molar-refractivity contribution in [2.24, 2.45) is 0 Å². The molecule has 2 N–H and O–H groups in total. The molecule has 33 heavy (non-hydrogen) atoms. The van der Waals surface area contributed by atoms with Gasteiger partial charge in [-0.25, -0.2) is 9.78 Å². The zero-order chi connectivity index (χ0) is 23.4. The maximum atomic E-state index is 12.8. The summed E-state index contributed by atoms with van der Waals surface area (Å²) < 4.78 is 10.8. The molecule has 3 aromatic rings. The Kier molecular flexibility index (Phi) is 7.22. The number of rotatable bonds is 11. The number of thiophene rings is 1. The number of carbonyl (C=O) groups is 1. The number of hydrogen-bond acceptors (Lipinski definition) is 8. The van der Waals surface area contributed by atoms with Gasteiger partial charge < -0.3 is 19.6 Å². The largest absolute Gasteiger partial charge is 0.491 e. The van der Waals surface area contributed by atoms with Gasteiger partial charge in [0.05, 0.1) is 11.9 Å². The summed E-state index contributed by atoms with van der Waals surface area (Å²) >= 11 is 1.15. The number of aromatic nitrogens is 2. The number of hydrogen-bond donors (Lipinski definition) is 2. The number of ether oxygens (including phenoxy) is 2. The van der Waals surface area contributed by atoms with E-state index in [0.717, 1.165) is 24.2 Å². The van der Waals surface area contributed by atoms with Crippen molar-refractivity contribution in [3.05, 3.63) is 69.6 Å². The lowest BCUT2D eigenvalue weighted by atomic mass is 10.2. The van der Waals surface area contributed by atoms with Gasteiger partial charge >= 0.3 is 5.97 Å². The fourth-order valence-electron chi connectivity index (χ4n) is 3.67. The summed E-state index contributed by atoms with van der Waals surface area (Å²) in [5, 5.41) is 10.9. The molecule has 1 aliphatic rings. The van der Waals surface area contributed by atoms with Gasteiger partial charge in [-0.05, 0) is 37.5 Å². The third kappa shape index (κ3) is 5.68. The monoisotopic (exact) mass is 469 g/mol. The number of aliphatic hydroxyl groups excluding tert-OH is 1. The summed E-state index contributed by atoms with van der Waals surface area (Å²) in [5.41, 5.74) is 0.284. The Morgan fingerprint density at radius 2 is 2.15 bits per heavy atom. The van der Waals surface area contributed by atoms with Crippen molar-refractivity contribution in [3.63, 3.8) is 0 Å². The van der Waals surface area contributed by atoms with E-state index < -0.39 is 12.1 Å². The van der Waals surface area contributed by atoms with Crippen LogP contribution >= 0.6 is 11.3 Å². The zero-order valence-corrected chi connectivity index (χ0v) is 19.3. The van der Waals surface area contributed by atoms with Gasteiger partial charge in [0, 0.05) is 12.6 Å². The highest BCUT2D eigenvalue weighted by molar-refractivity contribution is 7.20. The molecule has 1 unspecified atom stereocenters. The third-order valence-electron chi connectivity index (χ3n) is 5.41. The Bertz CT molecular complexity index is 1190. The highest BCUT2D eigenvalue weighted by Gasteiger charge is 2.31. The average Bonchev–Trinajstić information content (AvgIpc) is 3.60. The molecule has 0 saturated heterocycles. The molecule has 9 heteroatoms. The summed E-state index contributed by atoms with van der Waals surface area (Å²) in [4.78, 5) is 35.5. The number of aliphatic hydroxyl groups is 1. The molecular formula is C24H27N3O5S. The van der Waals surface area contributed by atoms with Gasteiger partial charge in [-0.15, -0.1) is 11.3 Å². The van der Waals surface area contributed by atoms with Crippen molar-refractivity contribution in [2.75, 3.05) is 19.8 Å². The first-order valence-corrected chi connectivity index (χ1v) is 11.7. The Labute approximate surface area is 195 Å². The number of aromatic amines is 1. The first kappa shape index (κ1) is 23.2. The van der Waals surface area contributed by atoms with Crippen LogP contribution in [0.5, 0.6) is 5.75 Å². The van der Waals surface area contributed by atoms with Crippen LogP contribution in [0.4, 0.5) is 0 Å². The molecule has 0 radical (unpaired) electrons. The molecule has 0 bridgehead atoms. The fourth-order valence-corrected chi connectivity index (χ4v) is 4.76. The fraction of sp³-hybridized carbons (Fsp3) is 0.375. The number of para-hydroxylation sites is 1. The highest BCUT2D eigenvalue weighted by atomic mass is 32.1. The molecule has 1 fully saturated rings. The maximum Gasteiger partial charge on any atom is 0.348 e. The van der Waals surface area contributed by atoms with Gasteiger partial charge in [-0.1, -0.05) is 30.9 Å². The van der Waals surface area contributed by atoms with E-state index in [4.69, 9.17) is 9.47 Å².